The molecule has 258 valence electrons. The molecule has 0 radical (unpaired) electrons. The number of hydrogen-bond donors (Lipinski definition) is 1. The average Bonchev–Trinajstić information content (AvgIpc) is 3.38. The maximum Gasteiger partial charge on any atom is 0.416 e. The summed E-state index contributed by atoms with van der Waals surface area (Å²) in [6.45, 7) is 6.47. The van der Waals surface area contributed by atoms with Gasteiger partial charge in [-0.05, 0) is 64.4 Å². The predicted octanol–water partition coefficient (Wildman–Crippen LogP) is 6.23. The van der Waals surface area contributed by atoms with Gasteiger partial charge in [0.2, 0.25) is 0 Å². The number of aliphatic hydroxyl groups excluding tert-OH is 1. The van der Waals surface area contributed by atoms with Crippen molar-refractivity contribution in [2.24, 2.45) is 0 Å². The van der Waals surface area contributed by atoms with Crippen LogP contribution in [0.4, 0.5) is 23.8 Å². The summed E-state index contributed by atoms with van der Waals surface area (Å²) in [4.78, 5) is 48.0. The van der Waals surface area contributed by atoms with E-state index in [1.54, 1.807) is 44.7 Å². The van der Waals surface area contributed by atoms with Crippen molar-refractivity contribution < 1.29 is 37.4 Å². The third-order valence-electron chi connectivity index (χ3n) is 8.24. The van der Waals surface area contributed by atoms with Crippen LogP contribution in [-0.4, -0.2) is 85.1 Å². The molecule has 0 aliphatic carbocycles. The summed E-state index contributed by atoms with van der Waals surface area (Å²) in [6, 6.07) is 5.88. The molecular weight excluding hydrogens is 676 g/mol. The fraction of sp³-hybridized carbons (Fsp3) is 0.469. The Hall–Kier alpha value is -3.88. The lowest BCUT2D eigenvalue weighted by molar-refractivity contribution is -0.119. The number of carbonyl (C=O) groups is 3. The van der Waals surface area contributed by atoms with Crippen LogP contribution in [0.25, 0.3) is 0 Å². The van der Waals surface area contributed by atoms with Crippen molar-refractivity contribution in [2.75, 3.05) is 24.6 Å². The zero-order valence-electron chi connectivity index (χ0n) is 26.9. The summed E-state index contributed by atoms with van der Waals surface area (Å²) in [5.41, 5.74) is 1.24. The first-order valence-electron chi connectivity index (χ1n) is 15.2. The molecule has 5 rings (SSSR count). The minimum Gasteiger partial charge on any atom is -0.443 e. The second kappa shape index (κ2) is 13.2. The topological polar surface area (TPSA) is 121 Å². The number of halogens is 5. The van der Waals surface area contributed by atoms with Gasteiger partial charge in [0.1, 0.15) is 23.7 Å². The van der Waals surface area contributed by atoms with Crippen molar-refractivity contribution in [3.8, 4) is 0 Å². The standard InChI is InChI=1S/C32H35Cl2F3N6O5/c1-17-10-25-22(14-40(17)28(45)19-6-8-23(33)24(34)11-19)27-29(46)41(13-21(15-44)43(27)39-25)18(2)20-7-9-26(38-12-20)42(16-32(35,36)37)30(47)48-31(3,4)5/h6-9,11-12,17-18,21,44H,10,13-16H2,1-5H3/t17-,18?,21+/m1/s1. The van der Waals surface area contributed by atoms with Gasteiger partial charge in [-0.2, -0.15) is 18.3 Å². The number of amides is 3. The molecule has 0 bridgehead atoms. The molecule has 0 saturated carbocycles. The second-order valence-electron chi connectivity index (χ2n) is 12.9. The highest BCUT2D eigenvalue weighted by Crippen LogP contribution is 2.36. The molecule has 2 aliphatic rings. The summed E-state index contributed by atoms with van der Waals surface area (Å²) in [5.74, 6) is -0.964. The predicted molar refractivity (Wildman–Crippen MR) is 171 cm³/mol. The number of benzene rings is 1. The quantitative estimate of drug-likeness (QED) is 0.322. The highest BCUT2D eigenvalue weighted by molar-refractivity contribution is 6.42. The first kappa shape index (κ1) is 35.4. The van der Waals surface area contributed by atoms with E-state index >= 15 is 0 Å². The lowest BCUT2D eigenvalue weighted by Crippen LogP contribution is -2.47. The summed E-state index contributed by atoms with van der Waals surface area (Å²) >= 11 is 12.2. The number of nitrogens with zero attached hydrogens (tertiary/aromatic N) is 6. The first-order chi connectivity index (χ1) is 22.4. The van der Waals surface area contributed by atoms with Gasteiger partial charge in [-0.25, -0.2) is 9.78 Å². The Kier molecular flexibility index (Phi) is 9.74. The van der Waals surface area contributed by atoms with E-state index in [0.29, 0.717) is 38.7 Å². The maximum atomic E-state index is 14.1. The Morgan fingerprint density at radius 1 is 1.15 bits per heavy atom. The van der Waals surface area contributed by atoms with Crippen LogP contribution in [0.15, 0.2) is 36.5 Å². The number of fused-ring (bicyclic) bond motifs is 3. The van der Waals surface area contributed by atoms with Crippen molar-refractivity contribution in [3.05, 3.63) is 74.7 Å². The molecule has 0 spiro atoms. The van der Waals surface area contributed by atoms with Gasteiger partial charge in [0, 0.05) is 36.3 Å². The SMILES string of the molecule is CC(c1ccc(N(CC(F)(F)F)C(=O)OC(C)(C)C)nc1)N1C[C@@H](CO)n2nc3c(c2C1=O)CN(C(=O)c1ccc(Cl)c(Cl)c1)[C@H](C)C3. The molecule has 2 aromatic heterocycles. The lowest BCUT2D eigenvalue weighted by atomic mass is 9.96. The number of rotatable bonds is 6. The van der Waals surface area contributed by atoms with Crippen LogP contribution < -0.4 is 4.90 Å². The summed E-state index contributed by atoms with van der Waals surface area (Å²) < 4.78 is 46.9. The molecule has 2 aliphatic heterocycles. The van der Waals surface area contributed by atoms with E-state index in [0.717, 1.165) is 0 Å². The van der Waals surface area contributed by atoms with Crippen molar-refractivity contribution in [2.45, 2.75) is 77.5 Å². The lowest BCUT2D eigenvalue weighted by Gasteiger charge is -2.38. The van der Waals surface area contributed by atoms with Crippen molar-refractivity contribution in [1.82, 2.24) is 24.6 Å². The first-order valence-corrected chi connectivity index (χ1v) is 16.0. The number of carbonyl (C=O) groups excluding carboxylic acids is 3. The van der Waals surface area contributed by atoms with E-state index in [2.05, 4.69) is 10.1 Å². The summed E-state index contributed by atoms with van der Waals surface area (Å²) in [7, 11) is 0. The molecule has 3 aromatic rings. The third kappa shape index (κ3) is 7.25. The largest absolute Gasteiger partial charge is 0.443 e. The van der Waals surface area contributed by atoms with Gasteiger partial charge in [0.15, 0.2) is 0 Å². The van der Waals surface area contributed by atoms with E-state index < -0.39 is 42.4 Å². The Bertz CT molecular complexity index is 1730. The third-order valence-corrected chi connectivity index (χ3v) is 8.98. The van der Waals surface area contributed by atoms with E-state index in [1.165, 1.54) is 34.0 Å². The number of anilines is 1. The van der Waals surface area contributed by atoms with Crippen molar-refractivity contribution in [3.63, 3.8) is 0 Å². The molecule has 0 fully saturated rings. The monoisotopic (exact) mass is 710 g/mol. The zero-order chi connectivity index (χ0) is 35.3. The Labute approximate surface area is 285 Å². The number of ether oxygens (including phenoxy) is 1. The average molecular weight is 712 g/mol. The van der Waals surface area contributed by atoms with Gasteiger partial charge in [-0.3, -0.25) is 19.2 Å². The highest BCUT2D eigenvalue weighted by Gasteiger charge is 2.42. The summed E-state index contributed by atoms with van der Waals surface area (Å²) in [6.07, 6.45) is -4.24. The molecule has 1 aromatic carbocycles. The second-order valence-corrected chi connectivity index (χ2v) is 13.7. The van der Waals surface area contributed by atoms with E-state index in [4.69, 9.17) is 27.9 Å². The maximum absolute atomic E-state index is 14.1. The molecule has 11 nitrogen and oxygen atoms in total. The van der Waals surface area contributed by atoms with Crippen LogP contribution in [0.5, 0.6) is 0 Å². The molecule has 48 heavy (non-hydrogen) atoms. The van der Waals surface area contributed by atoms with Crippen LogP contribution in [0, 0.1) is 0 Å². The number of aliphatic hydroxyl groups is 1. The minimum absolute atomic E-state index is 0.0887. The molecular formula is C32H35Cl2F3N6O5. The molecule has 3 amide bonds. The molecule has 1 unspecified atom stereocenters. The number of aromatic nitrogens is 3. The number of alkyl halides is 3. The van der Waals surface area contributed by atoms with Crippen LogP contribution in [0.2, 0.25) is 10.0 Å². The van der Waals surface area contributed by atoms with Gasteiger partial charge in [-0.1, -0.05) is 29.3 Å². The fourth-order valence-electron chi connectivity index (χ4n) is 5.83. The fourth-order valence-corrected chi connectivity index (χ4v) is 6.13. The molecule has 4 heterocycles. The Morgan fingerprint density at radius 3 is 2.44 bits per heavy atom. The van der Waals surface area contributed by atoms with Crippen LogP contribution in [0.1, 0.15) is 84.4 Å². The molecule has 0 saturated heterocycles. The van der Waals surface area contributed by atoms with Gasteiger partial charge in [0.25, 0.3) is 11.8 Å². The molecule has 3 atom stereocenters. The Morgan fingerprint density at radius 2 is 1.85 bits per heavy atom. The van der Waals surface area contributed by atoms with Gasteiger partial charge in [-0.15, -0.1) is 0 Å². The summed E-state index contributed by atoms with van der Waals surface area (Å²) in [5, 5.41) is 15.6. The zero-order valence-corrected chi connectivity index (χ0v) is 28.4. The minimum atomic E-state index is -4.72. The van der Waals surface area contributed by atoms with E-state index in [1.807, 2.05) is 6.92 Å². The van der Waals surface area contributed by atoms with E-state index in [9.17, 15) is 32.7 Å². The molecule has 1 N–H and O–H groups in total. The van der Waals surface area contributed by atoms with Crippen LogP contribution in [-0.2, 0) is 17.7 Å². The smallest absolute Gasteiger partial charge is 0.416 e. The Balaban J connectivity index is 1.42. The van der Waals surface area contributed by atoms with Crippen LogP contribution in [0.3, 0.4) is 0 Å². The molecule has 16 heteroatoms. The number of pyridine rings is 1. The highest BCUT2D eigenvalue weighted by atomic mass is 35.5. The van der Waals surface area contributed by atoms with Crippen molar-refractivity contribution in [1.29, 1.82) is 0 Å². The van der Waals surface area contributed by atoms with Gasteiger partial charge in [0.05, 0.1) is 41.0 Å². The van der Waals surface area contributed by atoms with Crippen LogP contribution >= 0.6 is 23.2 Å². The van der Waals surface area contributed by atoms with Gasteiger partial charge >= 0.3 is 12.3 Å². The number of hydrogen-bond acceptors (Lipinski definition) is 7. The van der Waals surface area contributed by atoms with Gasteiger partial charge < -0.3 is 19.6 Å². The van der Waals surface area contributed by atoms with E-state index in [-0.39, 0.29) is 48.2 Å². The normalized spacial score (nSPS) is 18.7. The van der Waals surface area contributed by atoms with Crippen molar-refractivity contribution >= 4 is 46.9 Å².